The first-order chi connectivity index (χ1) is 16.7. The highest BCUT2D eigenvalue weighted by molar-refractivity contribution is 5.98. The summed E-state index contributed by atoms with van der Waals surface area (Å²) in [4.78, 5) is 48.8. The Labute approximate surface area is 202 Å². The number of para-hydroxylation sites is 1. The van der Waals surface area contributed by atoms with Crippen molar-refractivity contribution in [1.29, 1.82) is 5.26 Å². The van der Waals surface area contributed by atoms with Gasteiger partial charge >= 0.3 is 0 Å². The number of benzene rings is 2. The van der Waals surface area contributed by atoms with Crippen molar-refractivity contribution in [3.8, 4) is 11.8 Å². The molecule has 4 rings (SSSR count). The lowest BCUT2D eigenvalue weighted by molar-refractivity contribution is -0.132. The van der Waals surface area contributed by atoms with E-state index in [2.05, 4.69) is 21.4 Å². The standard InChI is InChI=1S/C25H26N6O4/c1-25(24(34)27-16-7-5-4-6-8-16)12-17(13-26)31(15-25)21(32)14-30(2)23(33)22-28-19-10-9-18(35-3)11-20(19)29-22/h4-11,17H,12,14-15H2,1-3H3,(H,27,34)(H,28,29). The molecule has 2 unspecified atom stereocenters. The van der Waals surface area contributed by atoms with Crippen molar-refractivity contribution in [1.82, 2.24) is 19.8 Å². The van der Waals surface area contributed by atoms with E-state index < -0.39 is 23.3 Å². The van der Waals surface area contributed by atoms with Crippen LogP contribution in [0.15, 0.2) is 48.5 Å². The number of imidazole rings is 1. The number of carbonyl (C=O) groups is 3. The SMILES string of the molecule is COc1ccc2[nH]c(C(=O)N(C)CC(=O)N3CC(C)(C(=O)Nc4ccccc4)CC3C#N)nc2c1. The fraction of sp³-hybridized carbons (Fsp3) is 0.320. The lowest BCUT2D eigenvalue weighted by atomic mass is 9.87. The average molecular weight is 475 g/mol. The molecule has 0 saturated carbocycles. The maximum Gasteiger partial charge on any atom is 0.289 e. The van der Waals surface area contributed by atoms with Crippen LogP contribution in [0.2, 0.25) is 0 Å². The largest absolute Gasteiger partial charge is 0.497 e. The Bertz CT molecular complexity index is 1310. The van der Waals surface area contributed by atoms with Crippen molar-refractivity contribution >= 4 is 34.4 Å². The average Bonchev–Trinajstić information content (AvgIpc) is 3.45. The second-order valence-electron chi connectivity index (χ2n) is 8.88. The summed E-state index contributed by atoms with van der Waals surface area (Å²) in [6, 6.07) is 15.6. The minimum atomic E-state index is -0.938. The lowest BCUT2D eigenvalue weighted by Crippen LogP contribution is -2.44. The summed E-state index contributed by atoms with van der Waals surface area (Å²) in [5, 5.41) is 12.5. The third-order valence-corrected chi connectivity index (χ3v) is 6.20. The van der Waals surface area contributed by atoms with E-state index in [0.29, 0.717) is 22.5 Å². The second-order valence-corrected chi connectivity index (χ2v) is 8.88. The third-order valence-electron chi connectivity index (χ3n) is 6.20. The van der Waals surface area contributed by atoms with Crippen molar-refractivity contribution in [3.63, 3.8) is 0 Å². The lowest BCUT2D eigenvalue weighted by Gasteiger charge is -2.25. The number of nitriles is 1. The van der Waals surface area contributed by atoms with Crippen LogP contribution in [0, 0.1) is 16.7 Å². The first-order valence-electron chi connectivity index (χ1n) is 11.1. The van der Waals surface area contributed by atoms with Crippen molar-refractivity contribution in [2.75, 3.05) is 32.6 Å². The molecule has 2 heterocycles. The molecule has 0 bridgehead atoms. The number of hydrogen-bond donors (Lipinski definition) is 2. The molecule has 0 radical (unpaired) electrons. The van der Waals surface area contributed by atoms with E-state index >= 15 is 0 Å². The van der Waals surface area contributed by atoms with Gasteiger partial charge in [0.25, 0.3) is 5.91 Å². The summed E-state index contributed by atoms with van der Waals surface area (Å²) in [5.74, 6) is -0.440. The quantitative estimate of drug-likeness (QED) is 0.564. The predicted octanol–water partition coefficient (Wildman–Crippen LogP) is 2.41. The summed E-state index contributed by atoms with van der Waals surface area (Å²) in [7, 11) is 3.04. The number of ether oxygens (including phenoxy) is 1. The maximum atomic E-state index is 13.1. The number of methoxy groups -OCH3 is 1. The Kier molecular flexibility index (Phi) is 6.42. The van der Waals surface area contributed by atoms with Gasteiger partial charge < -0.3 is 24.8 Å². The molecule has 1 aliphatic heterocycles. The molecule has 1 aromatic heterocycles. The molecular weight excluding hydrogens is 448 g/mol. The highest BCUT2D eigenvalue weighted by Gasteiger charge is 2.48. The van der Waals surface area contributed by atoms with E-state index in [9.17, 15) is 19.6 Å². The van der Waals surface area contributed by atoms with Gasteiger partial charge in [0.05, 0.1) is 36.2 Å². The zero-order valence-electron chi connectivity index (χ0n) is 19.7. The number of likely N-dealkylation sites (N-methyl/N-ethyl adjacent to an activating group) is 1. The number of likely N-dealkylation sites (tertiary alicyclic amines) is 1. The number of nitrogens with one attached hydrogen (secondary N) is 2. The Morgan fingerprint density at radius 1 is 1.29 bits per heavy atom. The van der Waals surface area contributed by atoms with Crippen molar-refractivity contribution in [2.45, 2.75) is 19.4 Å². The molecule has 35 heavy (non-hydrogen) atoms. The number of amides is 3. The van der Waals surface area contributed by atoms with Gasteiger partial charge in [-0.25, -0.2) is 4.98 Å². The molecule has 2 atom stereocenters. The van der Waals surface area contributed by atoms with E-state index in [0.717, 1.165) is 0 Å². The van der Waals surface area contributed by atoms with Crippen LogP contribution in [-0.4, -0.2) is 70.8 Å². The molecule has 0 aliphatic carbocycles. The van der Waals surface area contributed by atoms with Crippen LogP contribution in [-0.2, 0) is 9.59 Å². The van der Waals surface area contributed by atoms with Gasteiger partial charge in [-0.15, -0.1) is 0 Å². The molecular formula is C25H26N6O4. The zero-order valence-corrected chi connectivity index (χ0v) is 19.7. The molecule has 10 heteroatoms. The minimum Gasteiger partial charge on any atom is -0.497 e. The van der Waals surface area contributed by atoms with Gasteiger partial charge in [-0.3, -0.25) is 14.4 Å². The molecule has 2 N–H and O–H groups in total. The van der Waals surface area contributed by atoms with Crippen LogP contribution < -0.4 is 10.1 Å². The first-order valence-corrected chi connectivity index (χ1v) is 11.1. The number of carbonyl (C=O) groups excluding carboxylic acids is 3. The summed E-state index contributed by atoms with van der Waals surface area (Å²) >= 11 is 0. The van der Waals surface area contributed by atoms with E-state index in [1.807, 2.05) is 18.2 Å². The molecule has 1 aliphatic rings. The summed E-state index contributed by atoms with van der Waals surface area (Å²) in [6.45, 7) is 1.56. The molecule has 1 saturated heterocycles. The number of nitrogens with zero attached hydrogens (tertiary/aromatic N) is 4. The summed E-state index contributed by atoms with van der Waals surface area (Å²) < 4.78 is 5.18. The highest BCUT2D eigenvalue weighted by Crippen LogP contribution is 2.35. The van der Waals surface area contributed by atoms with Crippen molar-refractivity contribution in [3.05, 3.63) is 54.4 Å². The number of H-pyrrole nitrogens is 1. The molecule has 180 valence electrons. The molecule has 10 nitrogen and oxygen atoms in total. The Morgan fingerprint density at radius 3 is 2.71 bits per heavy atom. The number of hydrogen-bond acceptors (Lipinski definition) is 6. The topological polar surface area (TPSA) is 131 Å². The van der Waals surface area contributed by atoms with Gasteiger partial charge in [0.1, 0.15) is 11.8 Å². The van der Waals surface area contributed by atoms with Crippen LogP contribution in [0.3, 0.4) is 0 Å². The molecule has 0 spiro atoms. The van der Waals surface area contributed by atoms with Crippen molar-refractivity contribution < 1.29 is 19.1 Å². The van der Waals surface area contributed by atoms with Crippen molar-refractivity contribution in [2.24, 2.45) is 5.41 Å². The Hall–Kier alpha value is -4.39. The monoisotopic (exact) mass is 474 g/mol. The minimum absolute atomic E-state index is 0.0786. The van der Waals surface area contributed by atoms with Gasteiger partial charge in [-0.1, -0.05) is 18.2 Å². The molecule has 3 aromatic rings. The zero-order chi connectivity index (χ0) is 25.2. The van der Waals surface area contributed by atoms with Crippen LogP contribution >= 0.6 is 0 Å². The van der Waals surface area contributed by atoms with Crippen LogP contribution in [0.1, 0.15) is 24.0 Å². The van der Waals surface area contributed by atoms with E-state index in [1.54, 1.807) is 44.4 Å². The summed E-state index contributed by atoms with van der Waals surface area (Å²) in [5.41, 5.74) is 0.937. The molecule has 1 fully saturated rings. The predicted molar refractivity (Wildman–Crippen MR) is 129 cm³/mol. The second kappa shape index (κ2) is 9.46. The Balaban J connectivity index is 1.44. The van der Waals surface area contributed by atoms with Gasteiger partial charge in [0, 0.05) is 25.3 Å². The number of aromatic amines is 1. The number of rotatable bonds is 6. The fourth-order valence-corrected chi connectivity index (χ4v) is 4.19. The normalized spacial score (nSPS) is 19.3. The van der Waals surface area contributed by atoms with Gasteiger partial charge in [0.15, 0.2) is 5.82 Å². The maximum absolute atomic E-state index is 13.1. The third kappa shape index (κ3) is 4.80. The van der Waals surface area contributed by atoms with Crippen LogP contribution in [0.25, 0.3) is 11.0 Å². The first kappa shape index (κ1) is 23.8. The van der Waals surface area contributed by atoms with Crippen LogP contribution in [0.5, 0.6) is 5.75 Å². The van der Waals surface area contributed by atoms with Gasteiger partial charge in [-0.05, 0) is 37.6 Å². The fourth-order valence-electron chi connectivity index (χ4n) is 4.19. The molecule has 2 aromatic carbocycles. The van der Waals surface area contributed by atoms with E-state index in [1.165, 1.54) is 16.8 Å². The number of fused-ring (bicyclic) bond motifs is 1. The van der Waals surface area contributed by atoms with E-state index in [-0.39, 0.29) is 31.2 Å². The van der Waals surface area contributed by atoms with E-state index in [4.69, 9.17) is 4.74 Å². The summed E-state index contributed by atoms with van der Waals surface area (Å²) in [6.07, 6.45) is 0.205. The number of aromatic nitrogens is 2. The number of anilines is 1. The van der Waals surface area contributed by atoms with Gasteiger partial charge in [-0.2, -0.15) is 5.26 Å². The molecule has 3 amide bonds. The Morgan fingerprint density at radius 2 is 2.03 bits per heavy atom. The smallest absolute Gasteiger partial charge is 0.289 e. The highest BCUT2D eigenvalue weighted by atomic mass is 16.5. The van der Waals surface area contributed by atoms with Gasteiger partial charge in [0.2, 0.25) is 11.8 Å². The van der Waals surface area contributed by atoms with Crippen LogP contribution in [0.4, 0.5) is 5.69 Å².